The Hall–Kier alpha value is -2.17. The van der Waals surface area contributed by atoms with Gasteiger partial charge in [-0.2, -0.15) is 0 Å². The van der Waals surface area contributed by atoms with Crippen molar-refractivity contribution in [2.24, 2.45) is 0 Å². The first-order valence-corrected chi connectivity index (χ1v) is 7.44. The Bertz CT molecular complexity index is 644. The number of anilines is 1. The lowest BCUT2D eigenvalue weighted by molar-refractivity contribution is -0.145. The Balaban J connectivity index is 1.92. The molecule has 5 nitrogen and oxygen atoms in total. The zero-order valence-corrected chi connectivity index (χ0v) is 12.2. The van der Waals surface area contributed by atoms with Gasteiger partial charge in [-0.05, 0) is 32.3 Å². The molecule has 0 bridgehead atoms. The lowest BCUT2D eigenvalue weighted by Crippen LogP contribution is -2.46. The van der Waals surface area contributed by atoms with Crippen molar-refractivity contribution in [2.75, 3.05) is 18.1 Å². The standard InChI is InChI=1S/C16H19N3O2/c1-2-21-15(20)14-9-5-6-10-19(14)16-17-11-12-7-3-4-8-13(12)18-16/h3-4,7-8,11,14H,2,5-6,9-10H2,1H3. The molecule has 21 heavy (non-hydrogen) atoms. The zero-order chi connectivity index (χ0) is 14.7. The third-order valence-corrected chi connectivity index (χ3v) is 3.79. The summed E-state index contributed by atoms with van der Waals surface area (Å²) in [7, 11) is 0. The largest absolute Gasteiger partial charge is 0.464 e. The molecule has 1 aromatic carbocycles. The molecule has 0 spiro atoms. The molecule has 110 valence electrons. The highest BCUT2D eigenvalue weighted by Crippen LogP contribution is 2.24. The Morgan fingerprint density at radius 2 is 2.24 bits per heavy atom. The number of rotatable bonds is 3. The molecule has 1 aliphatic rings. The third-order valence-electron chi connectivity index (χ3n) is 3.79. The highest BCUT2D eigenvalue weighted by molar-refractivity contribution is 5.81. The van der Waals surface area contributed by atoms with E-state index in [9.17, 15) is 4.79 Å². The molecule has 1 fully saturated rings. The van der Waals surface area contributed by atoms with E-state index in [1.165, 1.54) is 0 Å². The first kappa shape index (κ1) is 13.8. The summed E-state index contributed by atoms with van der Waals surface area (Å²) in [6.45, 7) is 3.03. The fourth-order valence-electron chi connectivity index (χ4n) is 2.76. The van der Waals surface area contributed by atoms with Gasteiger partial charge in [-0.15, -0.1) is 0 Å². The van der Waals surface area contributed by atoms with Crippen molar-refractivity contribution in [3.63, 3.8) is 0 Å². The van der Waals surface area contributed by atoms with Crippen LogP contribution < -0.4 is 4.90 Å². The number of ether oxygens (including phenoxy) is 1. The number of esters is 1. The summed E-state index contributed by atoms with van der Waals surface area (Å²) in [6.07, 6.45) is 4.70. The predicted octanol–water partition coefficient (Wildman–Crippen LogP) is 2.55. The molecule has 5 heteroatoms. The van der Waals surface area contributed by atoms with Crippen LogP contribution in [0.25, 0.3) is 10.9 Å². The van der Waals surface area contributed by atoms with Gasteiger partial charge in [-0.3, -0.25) is 0 Å². The molecule has 2 heterocycles. The summed E-state index contributed by atoms with van der Waals surface area (Å²) in [5, 5.41) is 1.01. The van der Waals surface area contributed by atoms with Crippen molar-refractivity contribution in [2.45, 2.75) is 32.2 Å². The third kappa shape index (κ3) is 2.82. The molecule has 0 N–H and O–H groups in total. The molecule has 0 amide bonds. The zero-order valence-electron chi connectivity index (χ0n) is 12.2. The number of nitrogens with zero attached hydrogens (tertiary/aromatic N) is 3. The second-order valence-corrected chi connectivity index (χ2v) is 5.19. The van der Waals surface area contributed by atoms with E-state index in [2.05, 4.69) is 9.97 Å². The Morgan fingerprint density at radius 1 is 1.38 bits per heavy atom. The van der Waals surface area contributed by atoms with Crippen molar-refractivity contribution < 1.29 is 9.53 Å². The van der Waals surface area contributed by atoms with Crippen LogP contribution in [0.2, 0.25) is 0 Å². The van der Waals surface area contributed by atoms with E-state index < -0.39 is 0 Å². The molecular weight excluding hydrogens is 266 g/mol. The van der Waals surface area contributed by atoms with E-state index in [1.54, 1.807) is 0 Å². The molecular formula is C16H19N3O2. The fourth-order valence-corrected chi connectivity index (χ4v) is 2.76. The Morgan fingerprint density at radius 3 is 3.10 bits per heavy atom. The minimum absolute atomic E-state index is 0.172. The van der Waals surface area contributed by atoms with Crippen LogP contribution in [0.3, 0.4) is 0 Å². The van der Waals surface area contributed by atoms with Gasteiger partial charge in [-0.1, -0.05) is 18.2 Å². The van der Waals surface area contributed by atoms with E-state index in [0.29, 0.717) is 12.6 Å². The minimum atomic E-state index is -0.264. The van der Waals surface area contributed by atoms with Crippen molar-refractivity contribution >= 4 is 22.8 Å². The molecule has 1 unspecified atom stereocenters. The average molecular weight is 285 g/mol. The first-order chi connectivity index (χ1) is 10.3. The first-order valence-electron chi connectivity index (χ1n) is 7.44. The predicted molar refractivity (Wildman–Crippen MR) is 81.2 cm³/mol. The maximum absolute atomic E-state index is 12.1. The summed E-state index contributed by atoms with van der Waals surface area (Å²) in [4.78, 5) is 23.1. The number of aromatic nitrogens is 2. The highest BCUT2D eigenvalue weighted by atomic mass is 16.5. The van der Waals surface area contributed by atoms with Gasteiger partial charge < -0.3 is 9.64 Å². The molecule has 3 rings (SSSR count). The number of carbonyl (C=O) groups excluding carboxylic acids is 1. The number of fused-ring (bicyclic) bond motifs is 1. The molecule has 0 radical (unpaired) electrons. The molecule has 1 atom stereocenters. The van der Waals surface area contributed by atoms with Crippen molar-refractivity contribution in [3.05, 3.63) is 30.5 Å². The minimum Gasteiger partial charge on any atom is -0.464 e. The van der Waals surface area contributed by atoms with E-state index in [0.717, 1.165) is 36.7 Å². The number of para-hydroxylation sites is 1. The quantitative estimate of drug-likeness (QED) is 0.811. The highest BCUT2D eigenvalue weighted by Gasteiger charge is 2.31. The molecule has 0 saturated carbocycles. The summed E-state index contributed by atoms with van der Waals surface area (Å²) < 4.78 is 5.18. The maximum atomic E-state index is 12.1. The van der Waals surface area contributed by atoms with Crippen LogP contribution >= 0.6 is 0 Å². The number of benzene rings is 1. The van der Waals surface area contributed by atoms with Crippen LogP contribution in [0.5, 0.6) is 0 Å². The van der Waals surface area contributed by atoms with Crippen LogP contribution in [0, 0.1) is 0 Å². The van der Waals surface area contributed by atoms with Crippen LogP contribution in [0.15, 0.2) is 30.5 Å². The lowest BCUT2D eigenvalue weighted by atomic mass is 10.0. The smallest absolute Gasteiger partial charge is 0.328 e. The summed E-state index contributed by atoms with van der Waals surface area (Å²) in [5.41, 5.74) is 0.899. The van der Waals surface area contributed by atoms with Gasteiger partial charge in [0.05, 0.1) is 12.1 Å². The van der Waals surface area contributed by atoms with Gasteiger partial charge in [-0.25, -0.2) is 14.8 Å². The van der Waals surface area contributed by atoms with Crippen molar-refractivity contribution in [1.82, 2.24) is 9.97 Å². The molecule has 1 aromatic heterocycles. The molecule has 2 aromatic rings. The van der Waals surface area contributed by atoms with Gasteiger partial charge in [0.2, 0.25) is 5.95 Å². The van der Waals surface area contributed by atoms with Crippen LogP contribution in [-0.2, 0) is 9.53 Å². The number of piperidine rings is 1. The molecule has 0 aliphatic carbocycles. The fraction of sp³-hybridized carbons (Fsp3) is 0.438. The molecule has 1 aliphatic heterocycles. The topological polar surface area (TPSA) is 55.3 Å². The van der Waals surface area contributed by atoms with E-state index in [-0.39, 0.29) is 12.0 Å². The van der Waals surface area contributed by atoms with Gasteiger partial charge >= 0.3 is 5.97 Å². The normalized spacial score (nSPS) is 18.7. The Kier molecular flexibility index (Phi) is 3.99. The lowest BCUT2D eigenvalue weighted by Gasteiger charge is -2.33. The number of carbonyl (C=O) groups is 1. The Labute approximate surface area is 124 Å². The van der Waals surface area contributed by atoms with E-state index in [4.69, 9.17) is 4.74 Å². The van der Waals surface area contributed by atoms with Crippen LogP contribution in [0.1, 0.15) is 26.2 Å². The SMILES string of the molecule is CCOC(=O)C1CCCCN1c1ncc2ccccc2n1. The maximum Gasteiger partial charge on any atom is 0.328 e. The number of hydrogen-bond donors (Lipinski definition) is 0. The van der Waals surface area contributed by atoms with Crippen molar-refractivity contribution in [1.29, 1.82) is 0 Å². The summed E-state index contributed by atoms with van der Waals surface area (Å²) >= 11 is 0. The van der Waals surface area contributed by atoms with Gasteiger partial charge in [0.25, 0.3) is 0 Å². The monoisotopic (exact) mass is 285 g/mol. The summed E-state index contributed by atoms with van der Waals surface area (Å²) in [5.74, 6) is 0.445. The van der Waals surface area contributed by atoms with Crippen LogP contribution in [0.4, 0.5) is 5.95 Å². The van der Waals surface area contributed by atoms with Crippen LogP contribution in [-0.4, -0.2) is 35.1 Å². The van der Waals surface area contributed by atoms with Gasteiger partial charge in [0.15, 0.2) is 0 Å². The summed E-state index contributed by atoms with van der Waals surface area (Å²) in [6, 6.07) is 7.60. The average Bonchev–Trinajstić information content (AvgIpc) is 2.54. The van der Waals surface area contributed by atoms with E-state index in [1.807, 2.05) is 42.3 Å². The van der Waals surface area contributed by atoms with E-state index >= 15 is 0 Å². The number of hydrogen-bond acceptors (Lipinski definition) is 5. The second-order valence-electron chi connectivity index (χ2n) is 5.19. The van der Waals surface area contributed by atoms with Gasteiger partial charge in [0, 0.05) is 18.1 Å². The van der Waals surface area contributed by atoms with Gasteiger partial charge in [0.1, 0.15) is 6.04 Å². The molecule has 1 saturated heterocycles. The van der Waals surface area contributed by atoms with Crippen molar-refractivity contribution in [3.8, 4) is 0 Å². The second kappa shape index (κ2) is 6.08.